The maximum absolute atomic E-state index is 6.29. The summed E-state index contributed by atoms with van der Waals surface area (Å²) in [6.45, 7) is 9.26. The van der Waals surface area contributed by atoms with Crippen LogP contribution in [0.2, 0.25) is 5.15 Å². The molecule has 0 aromatic carbocycles. The van der Waals surface area contributed by atoms with Gasteiger partial charge in [0.1, 0.15) is 16.8 Å². The van der Waals surface area contributed by atoms with Gasteiger partial charge in [0.15, 0.2) is 0 Å². The van der Waals surface area contributed by atoms with Gasteiger partial charge in [-0.05, 0) is 26.0 Å². The Morgan fingerprint density at radius 3 is 2.38 bits per heavy atom. The van der Waals surface area contributed by atoms with Crippen LogP contribution in [-0.2, 0) is 5.41 Å². The first-order valence-corrected chi connectivity index (χ1v) is 9.21. The highest BCUT2D eigenvalue weighted by Crippen LogP contribution is 2.40. The van der Waals surface area contributed by atoms with Crippen molar-refractivity contribution in [2.75, 3.05) is 18.1 Å². The standard InChI is InChI=1S/C16H26ClN3S/c1-11-12(17)19-14(15(2,3)4)20-13(11)18-10-16(21-5)8-6-7-9-16/h6-10H2,1-5H3,(H,18,19,20). The van der Waals surface area contributed by atoms with Gasteiger partial charge < -0.3 is 5.32 Å². The Balaban J connectivity index is 2.21. The minimum atomic E-state index is -0.0989. The van der Waals surface area contributed by atoms with Gasteiger partial charge in [0, 0.05) is 22.3 Å². The highest BCUT2D eigenvalue weighted by molar-refractivity contribution is 8.00. The Morgan fingerprint density at radius 2 is 1.86 bits per heavy atom. The summed E-state index contributed by atoms with van der Waals surface area (Å²) < 4.78 is 0.353. The molecule has 0 aliphatic heterocycles. The molecule has 1 N–H and O–H groups in total. The Morgan fingerprint density at radius 1 is 1.24 bits per heavy atom. The Labute approximate surface area is 137 Å². The molecule has 0 saturated heterocycles. The van der Waals surface area contributed by atoms with Crippen LogP contribution in [-0.4, -0.2) is 27.5 Å². The minimum absolute atomic E-state index is 0.0989. The molecule has 1 aromatic heterocycles. The summed E-state index contributed by atoms with van der Waals surface area (Å²) in [7, 11) is 0. The molecule has 1 fully saturated rings. The number of hydrogen-bond donors (Lipinski definition) is 1. The molecule has 1 heterocycles. The van der Waals surface area contributed by atoms with Crippen molar-refractivity contribution < 1.29 is 0 Å². The first-order valence-electron chi connectivity index (χ1n) is 7.61. The minimum Gasteiger partial charge on any atom is -0.368 e. The molecule has 0 spiro atoms. The average Bonchev–Trinajstić information content (AvgIpc) is 2.88. The van der Waals surface area contributed by atoms with Gasteiger partial charge >= 0.3 is 0 Å². The lowest BCUT2D eigenvalue weighted by atomic mass is 9.95. The number of hydrogen-bond acceptors (Lipinski definition) is 4. The molecule has 0 unspecified atom stereocenters. The average molecular weight is 328 g/mol. The number of anilines is 1. The molecule has 1 aliphatic rings. The maximum Gasteiger partial charge on any atom is 0.137 e. The summed E-state index contributed by atoms with van der Waals surface area (Å²) in [5.41, 5.74) is 0.845. The van der Waals surface area contributed by atoms with Gasteiger partial charge in [0.05, 0.1) is 0 Å². The van der Waals surface area contributed by atoms with Crippen LogP contribution in [0.3, 0.4) is 0 Å². The summed E-state index contributed by atoms with van der Waals surface area (Å²) in [5, 5.41) is 4.10. The number of nitrogens with one attached hydrogen (secondary N) is 1. The Bertz CT molecular complexity index is 505. The Hall–Kier alpha value is -0.480. The van der Waals surface area contributed by atoms with Crippen LogP contribution in [0.5, 0.6) is 0 Å². The van der Waals surface area contributed by atoms with Crippen molar-refractivity contribution in [1.29, 1.82) is 0 Å². The van der Waals surface area contributed by atoms with Crippen molar-refractivity contribution >= 4 is 29.2 Å². The fraction of sp³-hybridized carbons (Fsp3) is 0.750. The third-order valence-corrected chi connectivity index (χ3v) is 6.07. The second-order valence-electron chi connectivity index (χ2n) is 7.01. The summed E-state index contributed by atoms with van der Waals surface area (Å²) in [4.78, 5) is 9.15. The first kappa shape index (κ1) is 16.9. The molecule has 21 heavy (non-hydrogen) atoms. The SMILES string of the molecule is CSC1(CNc2nc(C(C)(C)C)nc(Cl)c2C)CCCC1. The number of nitrogens with zero attached hydrogens (tertiary/aromatic N) is 2. The van der Waals surface area contributed by atoms with E-state index in [0.29, 0.717) is 9.90 Å². The van der Waals surface area contributed by atoms with E-state index in [1.165, 1.54) is 25.7 Å². The lowest BCUT2D eigenvalue weighted by Crippen LogP contribution is -2.31. The van der Waals surface area contributed by atoms with Crippen molar-refractivity contribution in [2.24, 2.45) is 0 Å². The van der Waals surface area contributed by atoms with Crippen LogP contribution in [0.15, 0.2) is 0 Å². The van der Waals surface area contributed by atoms with Crippen molar-refractivity contribution in [2.45, 2.75) is 63.5 Å². The molecule has 5 heteroatoms. The number of halogens is 1. The van der Waals surface area contributed by atoms with Crippen LogP contribution < -0.4 is 5.32 Å². The van der Waals surface area contributed by atoms with Crippen molar-refractivity contribution in [3.05, 3.63) is 16.5 Å². The van der Waals surface area contributed by atoms with E-state index in [1.807, 2.05) is 18.7 Å². The summed E-state index contributed by atoms with van der Waals surface area (Å²) >= 11 is 8.27. The van der Waals surface area contributed by atoms with E-state index in [2.05, 4.69) is 37.3 Å². The monoisotopic (exact) mass is 327 g/mol. The second kappa shape index (κ2) is 6.33. The third kappa shape index (κ3) is 3.84. The normalized spacial score (nSPS) is 18.0. The van der Waals surface area contributed by atoms with Crippen LogP contribution >= 0.6 is 23.4 Å². The van der Waals surface area contributed by atoms with E-state index in [9.17, 15) is 0 Å². The third-order valence-electron chi connectivity index (χ3n) is 4.28. The van der Waals surface area contributed by atoms with E-state index < -0.39 is 0 Å². The topological polar surface area (TPSA) is 37.8 Å². The smallest absolute Gasteiger partial charge is 0.137 e. The fourth-order valence-electron chi connectivity index (χ4n) is 2.71. The molecule has 1 saturated carbocycles. The summed E-state index contributed by atoms with van der Waals surface area (Å²) in [6, 6.07) is 0. The molecule has 0 atom stereocenters. The van der Waals surface area contributed by atoms with E-state index in [-0.39, 0.29) is 5.41 Å². The molecule has 3 nitrogen and oxygen atoms in total. The second-order valence-corrected chi connectivity index (χ2v) is 8.64. The predicted octanol–water partition coefficient (Wildman–Crippen LogP) is 4.82. The zero-order chi connectivity index (χ0) is 15.7. The van der Waals surface area contributed by atoms with Gasteiger partial charge in [0.2, 0.25) is 0 Å². The molecule has 118 valence electrons. The molecular weight excluding hydrogens is 302 g/mol. The van der Waals surface area contributed by atoms with Crippen molar-refractivity contribution in [3.63, 3.8) is 0 Å². The van der Waals surface area contributed by atoms with Gasteiger partial charge in [-0.3, -0.25) is 0 Å². The van der Waals surface area contributed by atoms with Gasteiger partial charge in [-0.15, -0.1) is 0 Å². The van der Waals surface area contributed by atoms with Crippen molar-refractivity contribution in [1.82, 2.24) is 9.97 Å². The molecule has 0 amide bonds. The summed E-state index contributed by atoms with van der Waals surface area (Å²) in [6.07, 6.45) is 7.45. The number of aromatic nitrogens is 2. The van der Waals surface area contributed by atoms with Gasteiger partial charge in [-0.25, -0.2) is 9.97 Å². The van der Waals surface area contributed by atoms with E-state index in [1.54, 1.807) is 0 Å². The van der Waals surface area contributed by atoms with Crippen molar-refractivity contribution in [3.8, 4) is 0 Å². The summed E-state index contributed by atoms with van der Waals surface area (Å²) in [5.74, 6) is 1.69. The Kier molecular flexibility index (Phi) is 5.09. The lowest BCUT2D eigenvalue weighted by Gasteiger charge is -2.28. The molecule has 0 radical (unpaired) electrons. The largest absolute Gasteiger partial charge is 0.368 e. The van der Waals surface area contributed by atoms with Gasteiger partial charge in [-0.1, -0.05) is 45.2 Å². The molecule has 1 aliphatic carbocycles. The van der Waals surface area contributed by atoms with Crippen LogP contribution in [0, 0.1) is 6.92 Å². The van der Waals surface area contributed by atoms with E-state index >= 15 is 0 Å². The van der Waals surface area contributed by atoms with Gasteiger partial charge in [-0.2, -0.15) is 11.8 Å². The van der Waals surface area contributed by atoms with Crippen LogP contribution in [0.4, 0.5) is 5.82 Å². The number of rotatable bonds is 4. The quantitative estimate of drug-likeness (QED) is 0.804. The molecular formula is C16H26ClN3S. The van der Waals surface area contributed by atoms with E-state index in [0.717, 1.165) is 23.8 Å². The zero-order valence-corrected chi connectivity index (χ0v) is 15.3. The lowest BCUT2D eigenvalue weighted by molar-refractivity contribution is 0.544. The van der Waals surface area contributed by atoms with Crippen LogP contribution in [0.25, 0.3) is 0 Å². The van der Waals surface area contributed by atoms with E-state index in [4.69, 9.17) is 16.6 Å². The molecule has 1 aromatic rings. The number of thioether (sulfide) groups is 1. The molecule has 2 rings (SSSR count). The highest BCUT2D eigenvalue weighted by Gasteiger charge is 2.33. The fourth-order valence-corrected chi connectivity index (χ4v) is 3.80. The van der Waals surface area contributed by atoms with Gasteiger partial charge in [0.25, 0.3) is 0 Å². The zero-order valence-electron chi connectivity index (χ0n) is 13.7. The predicted molar refractivity (Wildman–Crippen MR) is 93.7 cm³/mol. The first-order chi connectivity index (χ1) is 9.77. The van der Waals surface area contributed by atoms with Crippen LogP contribution in [0.1, 0.15) is 57.8 Å². The maximum atomic E-state index is 6.29. The molecule has 0 bridgehead atoms. The highest BCUT2D eigenvalue weighted by atomic mass is 35.5.